The molecule has 0 aliphatic heterocycles. The van der Waals surface area contributed by atoms with Gasteiger partial charge in [-0.3, -0.25) is 10.2 Å². The van der Waals surface area contributed by atoms with Crippen molar-refractivity contribution in [3.63, 3.8) is 0 Å². The Morgan fingerprint density at radius 2 is 2.31 bits per heavy atom. The first kappa shape index (κ1) is 10.9. The Balaban J connectivity index is 1.78. The van der Waals surface area contributed by atoms with Gasteiger partial charge >= 0.3 is 0 Å². The van der Waals surface area contributed by atoms with E-state index in [4.69, 9.17) is 0 Å². The molecule has 0 fully saturated rings. The van der Waals surface area contributed by atoms with E-state index in [2.05, 4.69) is 38.7 Å². The molecule has 0 bridgehead atoms. The van der Waals surface area contributed by atoms with Crippen LogP contribution in [-0.4, -0.2) is 26.4 Å². The molecule has 86 valence electrons. The molecule has 0 saturated heterocycles. The molecule has 0 aliphatic carbocycles. The molecule has 0 radical (unpaired) electrons. The highest BCUT2D eigenvalue weighted by molar-refractivity contribution is 5.08. The second-order valence-electron chi connectivity index (χ2n) is 4.11. The van der Waals surface area contributed by atoms with Crippen LogP contribution in [-0.2, 0) is 13.0 Å². The molecule has 1 unspecified atom stereocenters. The van der Waals surface area contributed by atoms with Gasteiger partial charge in [-0.2, -0.15) is 10.2 Å². The molecule has 2 heterocycles. The summed E-state index contributed by atoms with van der Waals surface area (Å²) < 4.78 is 0. The summed E-state index contributed by atoms with van der Waals surface area (Å²) in [7, 11) is 0. The molecular formula is C11H17N5. The molecule has 0 spiro atoms. The van der Waals surface area contributed by atoms with Crippen molar-refractivity contribution in [2.75, 3.05) is 0 Å². The van der Waals surface area contributed by atoms with Gasteiger partial charge in [0.25, 0.3) is 0 Å². The van der Waals surface area contributed by atoms with Gasteiger partial charge in [0.05, 0.1) is 5.69 Å². The third kappa shape index (κ3) is 2.93. The molecule has 2 rings (SSSR count). The minimum Gasteiger partial charge on any atom is -0.308 e. The molecule has 0 aromatic carbocycles. The van der Waals surface area contributed by atoms with Gasteiger partial charge < -0.3 is 5.32 Å². The van der Waals surface area contributed by atoms with Crippen LogP contribution in [0.2, 0.25) is 0 Å². The van der Waals surface area contributed by atoms with E-state index < -0.39 is 0 Å². The second-order valence-corrected chi connectivity index (χ2v) is 4.11. The summed E-state index contributed by atoms with van der Waals surface area (Å²) in [5.74, 6) is 0. The molecule has 2 aromatic rings. The van der Waals surface area contributed by atoms with Crippen molar-refractivity contribution in [3.8, 4) is 0 Å². The molecular weight excluding hydrogens is 202 g/mol. The van der Waals surface area contributed by atoms with E-state index in [1.165, 1.54) is 0 Å². The Morgan fingerprint density at radius 3 is 2.94 bits per heavy atom. The zero-order chi connectivity index (χ0) is 11.4. The van der Waals surface area contributed by atoms with Crippen LogP contribution in [0, 0.1) is 6.92 Å². The molecule has 16 heavy (non-hydrogen) atoms. The predicted molar refractivity (Wildman–Crippen MR) is 61.9 cm³/mol. The summed E-state index contributed by atoms with van der Waals surface area (Å²) in [5, 5.41) is 17.4. The number of aryl methyl sites for hydroxylation is 1. The van der Waals surface area contributed by atoms with Crippen LogP contribution in [0.5, 0.6) is 0 Å². The Morgan fingerprint density at radius 1 is 1.44 bits per heavy atom. The monoisotopic (exact) mass is 219 g/mol. The van der Waals surface area contributed by atoms with Gasteiger partial charge in [-0.25, -0.2) is 0 Å². The Bertz CT molecular complexity index is 417. The van der Waals surface area contributed by atoms with E-state index in [0.29, 0.717) is 6.04 Å². The third-order valence-electron chi connectivity index (χ3n) is 2.47. The van der Waals surface area contributed by atoms with Crippen LogP contribution in [0.15, 0.2) is 18.3 Å². The summed E-state index contributed by atoms with van der Waals surface area (Å²) in [6.07, 6.45) is 2.69. The number of aromatic amines is 2. The highest BCUT2D eigenvalue weighted by atomic mass is 15.1. The molecule has 5 heteroatoms. The first-order chi connectivity index (χ1) is 7.74. The van der Waals surface area contributed by atoms with Gasteiger partial charge in [-0.05, 0) is 26.0 Å². The van der Waals surface area contributed by atoms with Gasteiger partial charge in [0, 0.05) is 36.6 Å². The predicted octanol–water partition coefficient (Wildman–Crippen LogP) is 1.16. The number of rotatable bonds is 5. The largest absolute Gasteiger partial charge is 0.308 e. The lowest BCUT2D eigenvalue weighted by Gasteiger charge is -2.11. The standard InChI is InChI=1S/C11H17N5/c1-8(5-11-6-9(2)14-16-11)12-7-10-3-4-13-15-10/h3-4,6,8,12H,5,7H2,1-2H3,(H,13,15)(H,14,16). The smallest absolute Gasteiger partial charge is 0.0640 e. The lowest BCUT2D eigenvalue weighted by atomic mass is 10.2. The minimum absolute atomic E-state index is 0.394. The number of aromatic nitrogens is 4. The van der Waals surface area contributed by atoms with Gasteiger partial charge in [0.15, 0.2) is 0 Å². The number of H-pyrrole nitrogens is 2. The van der Waals surface area contributed by atoms with E-state index in [0.717, 1.165) is 30.0 Å². The zero-order valence-corrected chi connectivity index (χ0v) is 9.62. The maximum absolute atomic E-state index is 4.22. The topological polar surface area (TPSA) is 69.4 Å². The fraction of sp³-hybridized carbons (Fsp3) is 0.455. The van der Waals surface area contributed by atoms with Crippen LogP contribution in [0.1, 0.15) is 24.0 Å². The fourth-order valence-corrected chi connectivity index (χ4v) is 1.63. The molecule has 0 amide bonds. The Kier molecular flexibility index (Phi) is 3.36. The molecule has 0 aliphatic rings. The van der Waals surface area contributed by atoms with E-state index in [1.807, 2.05) is 13.0 Å². The molecule has 0 saturated carbocycles. The van der Waals surface area contributed by atoms with Crippen molar-refractivity contribution in [1.29, 1.82) is 0 Å². The molecule has 5 nitrogen and oxygen atoms in total. The van der Waals surface area contributed by atoms with E-state index >= 15 is 0 Å². The zero-order valence-electron chi connectivity index (χ0n) is 9.62. The van der Waals surface area contributed by atoms with E-state index in [-0.39, 0.29) is 0 Å². The Labute approximate surface area is 94.7 Å². The number of nitrogens with zero attached hydrogens (tertiary/aromatic N) is 2. The summed E-state index contributed by atoms with van der Waals surface area (Å²) in [4.78, 5) is 0. The van der Waals surface area contributed by atoms with Crippen LogP contribution < -0.4 is 5.32 Å². The lowest BCUT2D eigenvalue weighted by Crippen LogP contribution is -2.27. The third-order valence-corrected chi connectivity index (χ3v) is 2.47. The summed E-state index contributed by atoms with van der Waals surface area (Å²) in [6.45, 7) is 4.98. The minimum atomic E-state index is 0.394. The molecule has 2 aromatic heterocycles. The lowest BCUT2D eigenvalue weighted by molar-refractivity contribution is 0.534. The molecule has 1 atom stereocenters. The summed E-state index contributed by atoms with van der Waals surface area (Å²) >= 11 is 0. The average Bonchev–Trinajstić information content (AvgIpc) is 2.87. The van der Waals surface area contributed by atoms with Crippen molar-refractivity contribution in [1.82, 2.24) is 25.7 Å². The van der Waals surface area contributed by atoms with Crippen LogP contribution in [0.4, 0.5) is 0 Å². The van der Waals surface area contributed by atoms with Gasteiger partial charge in [-0.15, -0.1) is 0 Å². The van der Waals surface area contributed by atoms with Crippen molar-refractivity contribution >= 4 is 0 Å². The number of hydrogen-bond donors (Lipinski definition) is 3. The van der Waals surface area contributed by atoms with Crippen molar-refractivity contribution in [3.05, 3.63) is 35.4 Å². The van der Waals surface area contributed by atoms with Crippen molar-refractivity contribution in [2.45, 2.75) is 32.9 Å². The van der Waals surface area contributed by atoms with Gasteiger partial charge in [0.1, 0.15) is 0 Å². The van der Waals surface area contributed by atoms with Crippen LogP contribution >= 0.6 is 0 Å². The average molecular weight is 219 g/mol. The first-order valence-electron chi connectivity index (χ1n) is 5.46. The first-order valence-corrected chi connectivity index (χ1v) is 5.46. The maximum Gasteiger partial charge on any atom is 0.0640 e. The van der Waals surface area contributed by atoms with Crippen molar-refractivity contribution < 1.29 is 0 Å². The van der Waals surface area contributed by atoms with Gasteiger partial charge in [0.2, 0.25) is 0 Å². The maximum atomic E-state index is 4.22. The normalized spacial score (nSPS) is 12.9. The molecule has 3 N–H and O–H groups in total. The highest BCUT2D eigenvalue weighted by Crippen LogP contribution is 2.02. The highest BCUT2D eigenvalue weighted by Gasteiger charge is 2.05. The summed E-state index contributed by atoms with van der Waals surface area (Å²) in [5.41, 5.74) is 3.31. The number of hydrogen-bond acceptors (Lipinski definition) is 3. The fourth-order valence-electron chi connectivity index (χ4n) is 1.63. The second kappa shape index (κ2) is 4.94. The van der Waals surface area contributed by atoms with Crippen LogP contribution in [0.3, 0.4) is 0 Å². The summed E-state index contributed by atoms with van der Waals surface area (Å²) in [6, 6.07) is 4.44. The van der Waals surface area contributed by atoms with Gasteiger partial charge in [-0.1, -0.05) is 0 Å². The van der Waals surface area contributed by atoms with E-state index in [9.17, 15) is 0 Å². The van der Waals surface area contributed by atoms with Crippen LogP contribution in [0.25, 0.3) is 0 Å². The SMILES string of the molecule is Cc1cc(CC(C)NCc2ccn[nH]2)n[nH]1. The number of nitrogens with one attached hydrogen (secondary N) is 3. The quantitative estimate of drug-likeness (QED) is 0.707. The van der Waals surface area contributed by atoms with Crippen molar-refractivity contribution in [2.24, 2.45) is 0 Å². The Hall–Kier alpha value is -1.62. The van der Waals surface area contributed by atoms with E-state index in [1.54, 1.807) is 6.20 Å².